The molecule has 200 valence electrons. The maximum atomic E-state index is 14.9. The van der Waals surface area contributed by atoms with E-state index < -0.39 is 50.4 Å². The summed E-state index contributed by atoms with van der Waals surface area (Å²) < 4.78 is 87.5. The van der Waals surface area contributed by atoms with E-state index in [0.29, 0.717) is 11.6 Å². The maximum Gasteiger partial charge on any atom is 0.416 e. The predicted octanol–water partition coefficient (Wildman–Crippen LogP) is 6.53. The third-order valence-electron chi connectivity index (χ3n) is 5.95. The van der Waals surface area contributed by atoms with E-state index in [2.05, 4.69) is 19.9 Å². The molecule has 0 aliphatic carbocycles. The Labute approximate surface area is 212 Å². The van der Waals surface area contributed by atoms with Gasteiger partial charge in [-0.25, -0.2) is 8.57 Å². The van der Waals surface area contributed by atoms with Gasteiger partial charge in [0, 0.05) is 19.0 Å². The van der Waals surface area contributed by atoms with Gasteiger partial charge in [0.15, 0.2) is 5.03 Å². The SMILES string of the molecule is CN=[S@@](=O)(C1=C(C(=O)NCC(F)(F)c2ccc(C)c(C)c2)CC(C)(C)N=N1)c1cccc(C(F)(F)F)c1. The molecule has 6 nitrogen and oxygen atoms in total. The van der Waals surface area contributed by atoms with Crippen molar-refractivity contribution in [3.05, 3.63) is 75.3 Å². The van der Waals surface area contributed by atoms with Crippen molar-refractivity contribution in [1.82, 2.24) is 5.32 Å². The van der Waals surface area contributed by atoms with Crippen LogP contribution in [0.1, 0.15) is 42.5 Å². The molecular weight excluding hydrogens is 515 g/mol. The second kappa shape index (κ2) is 9.96. The number of azo groups is 1. The average molecular weight is 543 g/mol. The summed E-state index contributed by atoms with van der Waals surface area (Å²) in [6.45, 7) is 5.67. The first-order chi connectivity index (χ1) is 17.0. The molecule has 1 atom stereocenters. The van der Waals surface area contributed by atoms with Gasteiger partial charge in [-0.2, -0.15) is 27.1 Å². The van der Waals surface area contributed by atoms with E-state index in [1.807, 2.05) is 0 Å². The Hall–Kier alpha value is -3.15. The molecule has 1 aliphatic heterocycles. The molecule has 0 saturated heterocycles. The predicted molar refractivity (Wildman–Crippen MR) is 130 cm³/mol. The third kappa shape index (κ3) is 6.06. The molecule has 37 heavy (non-hydrogen) atoms. The highest BCUT2D eigenvalue weighted by molar-refractivity contribution is 7.97. The largest absolute Gasteiger partial charge is 0.416 e. The maximum absolute atomic E-state index is 14.9. The van der Waals surface area contributed by atoms with Gasteiger partial charge in [-0.15, -0.1) is 5.11 Å². The van der Waals surface area contributed by atoms with Gasteiger partial charge < -0.3 is 5.32 Å². The van der Waals surface area contributed by atoms with E-state index in [0.717, 1.165) is 24.7 Å². The Balaban J connectivity index is 2.03. The molecule has 0 spiro atoms. The second-order valence-electron chi connectivity index (χ2n) is 9.39. The summed E-state index contributed by atoms with van der Waals surface area (Å²) in [5.74, 6) is -4.40. The molecule has 1 heterocycles. The first-order valence-electron chi connectivity index (χ1n) is 11.2. The molecule has 0 radical (unpaired) electrons. The van der Waals surface area contributed by atoms with Gasteiger partial charge >= 0.3 is 6.18 Å². The number of carbonyl (C=O) groups excluding carboxylic acids is 1. The molecule has 1 N–H and O–H groups in total. The monoisotopic (exact) mass is 542 g/mol. The van der Waals surface area contributed by atoms with Crippen LogP contribution in [0.5, 0.6) is 0 Å². The van der Waals surface area contributed by atoms with Crippen molar-refractivity contribution in [2.75, 3.05) is 13.6 Å². The molecule has 0 fully saturated rings. The van der Waals surface area contributed by atoms with Crippen LogP contribution in [-0.4, -0.2) is 29.2 Å². The van der Waals surface area contributed by atoms with Gasteiger partial charge in [-0.3, -0.25) is 4.79 Å². The highest BCUT2D eigenvalue weighted by Gasteiger charge is 2.38. The Morgan fingerprint density at radius 3 is 2.32 bits per heavy atom. The van der Waals surface area contributed by atoms with Gasteiger partial charge in [-0.1, -0.05) is 18.2 Å². The fourth-order valence-electron chi connectivity index (χ4n) is 3.70. The minimum absolute atomic E-state index is 0.141. The fourth-order valence-corrected chi connectivity index (χ4v) is 5.51. The van der Waals surface area contributed by atoms with Crippen LogP contribution in [0.3, 0.4) is 0 Å². The Morgan fingerprint density at radius 1 is 1.05 bits per heavy atom. The normalized spacial score (nSPS) is 17.4. The minimum Gasteiger partial charge on any atom is -0.346 e. The fraction of sp³-hybridized carbons (Fsp3) is 0.400. The van der Waals surface area contributed by atoms with Crippen molar-refractivity contribution in [1.29, 1.82) is 0 Å². The lowest BCUT2D eigenvalue weighted by Gasteiger charge is -2.27. The lowest BCUT2D eigenvalue weighted by molar-refractivity contribution is -0.137. The van der Waals surface area contributed by atoms with Gasteiger partial charge in [0.25, 0.3) is 5.92 Å². The van der Waals surface area contributed by atoms with Gasteiger partial charge in [-0.05, 0) is 63.1 Å². The molecule has 2 aromatic carbocycles. The summed E-state index contributed by atoms with van der Waals surface area (Å²) in [4.78, 5) is 12.8. The van der Waals surface area contributed by atoms with Crippen molar-refractivity contribution in [2.24, 2.45) is 14.6 Å². The summed E-state index contributed by atoms with van der Waals surface area (Å²) in [7, 11) is -2.74. The van der Waals surface area contributed by atoms with E-state index in [4.69, 9.17) is 0 Å². The summed E-state index contributed by atoms with van der Waals surface area (Å²) in [5.41, 5.74) is -1.04. The van der Waals surface area contributed by atoms with Crippen LogP contribution < -0.4 is 5.32 Å². The van der Waals surface area contributed by atoms with Gasteiger partial charge in [0.05, 0.1) is 28.1 Å². The Morgan fingerprint density at radius 2 is 1.73 bits per heavy atom. The zero-order chi connectivity index (χ0) is 27.8. The molecule has 0 aromatic heterocycles. The Bertz CT molecular complexity index is 1400. The first-order valence-corrected chi connectivity index (χ1v) is 12.7. The number of nitrogens with zero attached hydrogens (tertiary/aromatic N) is 3. The van der Waals surface area contributed by atoms with Crippen molar-refractivity contribution in [3.63, 3.8) is 0 Å². The van der Waals surface area contributed by atoms with E-state index in [9.17, 15) is 31.0 Å². The number of rotatable bonds is 6. The van der Waals surface area contributed by atoms with E-state index >= 15 is 0 Å². The number of carbonyl (C=O) groups is 1. The number of alkyl halides is 5. The summed E-state index contributed by atoms with van der Waals surface area (Å²) >= 11 is 0. The van der Waals surface area contributed by atoms with Crippen molar-refractivity contribution in [3.8, 4) is 0 Å². The van der Waals surface area contributed by atoms with Crippen molar-refractivity contribution >= 4 is 15.6 Å². The molecule has 0 unspecified atom stereocenters. The molecule has 0 bridgehead atoms. The van der Waals surface area contributed by atoms with Crippen molar-refractivity contribution < 1.29 is 31.0 Å². The summed E-state index contributed by atoms with van der Waals surface area (Å²) in [6.07, 6.45) is -4.85. The smallest absolute Gasteiger partial charge is 0.346 e. The molecule has 1 aliphatic rings. The molecule has 12 heteroatoms. The second-order valence-corrected chi connectivity index (χ2v) is 11.7. The lowest BCUT2D eigenvalue weighted by atomic mass is 9.95. The standard InChI is InChI=1S/C25H27F5N4O2S/c1-15-9-10-17(11-16(15)2)24(26,27)14-32-21(35)20-13-23(3,4)34-33-22(20)37(36,31-5)19-8-6-7-18(12-19)25(28,29)30/h6-12H,13-14H2,1-5H3,(H,32,35)/t37-/m0/s1. The average Bonchev–Trinajstić information content (AvgIpc) is 2.82. The van der Waals surface area contributed by atoms with Gasteiger partial charge in [0.2, 0.25) is 5.91 Å². The number of amides is 1. The van der Waals surface area contributed by atoms with Crippen LogP contribution in [0, 0.1) is 13.8 Å². The third-order valence-corrected chi connectivity index (χ3v) is 8.21. The first kappa shape index (κ1) is 28.4. The van der Waals surface area contributed by atoms with Crippen LogP contribution in [0.15, 0.2) is 72.6 Å². The molecule has 0 saturated carbocycles. The highest BCUT2D eigenvalue weighted by Crippen LogP contribution is 2.38. The van der Waals surface area contributed by atoms with Gasteiger partial charge in [0.1, 0.15) is 9.73 Å². The van der Waals surface area contributed by atoms with Crippen LogP contribution in [0.4, 0.5) is 22.0 Å². The number of aryl methyl sites for hydroxylation is 2. The van der Waals surface area contributed by atoms with Crippen LogP contribution >= 0.6 is 0 Å². The highest BCUT2D eigenvalue weighted by atomic mass is 32.2. The zero-order valence-corrected chi connectivity index (χ0v) is 21.7. The number of halogens is 5. The van der Waals surface area contributed by atoms with Crippen LogP contribution in [0.25, 0.3) is 0 Å². The summed E-state index contributed by atoms with van der Waals surface area (Å²) in [6, 6.07) is 7.88. The molecule has 1 amide bonds. The topological polar surface area (TPSA) is 83.2 Å². The number of nitrogens with one attached hydrogen (secondary N) is 1. The van der Waals surface area contributed by atoms with Crippen LogP contribution in [0.2, 0.25) is 0 Å². The zero-order valence-electron chi connectivity index (χ0n) is 20.9. The van der Waals surface area contributed by atoms with Crippen molar-refractivity contribution in [2.45, 2.75) is 56.6 Å². The molecule has 3 rings (SSSR count). The number of hydrogen-bond acceptors (Lipinski definition) is 5. The number of hydrogen-bond donors (Lipinski definition) is 1. The van der Waals surface area contributed by atoms with E-state index in [-0.39, 0.29) is 22.5 Å². The van der Waals surface area contributed by atoms with Crippen LogP contribution in [-0.2, 0) is 26.6 Å². The Kier molecular flexibility index (Phi) is 7.65. The number of benzene rings is 2. The quantitative estimate of drug-likeness (QED) is 0.421. The summed E-state index contributed by atoms with van der Waals surface area (Å²) in [5, 5.41) is 9.69. The van der Waals surface area contributed by atoms with E-state index in [1.165, 1.54) is 18.2 Å². The van der Waals surface area contributed by atoms with E-state index in [1.54, 1.807) is 33.8 Å². The lowest BCUT2D eigenvalue weighted by Crippen LogP contribution is -2.38. The molecule has 2 aromatic rings. The molecular formula is C25H27F5N4O2S. The minimum atomic E-state index is -4.71.